The Morgan fingerprint density at radius 3 is 2.31 bits per heavy atom. The zero-order valence-corrected chi connectivity index (χ0v) is 19.0. The molecule has 2 aliphatic rings. The van der Waals surface area contributed by atoms with Crippen LogP contribution in [-0.4, -0.2) is 79.9 Å². The molecule has 0 aliphatic carbocycles. The van der Waals surface area contributed by atoms with E-state index in [1.54, 1.807) is 4.90 Å². The van der Waals surface area contributed by atoms with E-state index in [4.69, 9.17) is 9.47 Å². The highest BCUT2D eigenvalue weighted by Crippen LogP contribution is 2.28. The third-order valence-corrected chi connectivity index (χ3v) is 5.82. The molecule has 1 N–H and O–H groups in total. The Hall–Kier alpha value is -1.34. The van der Waals surface area contributed by atoms with Gasteiger partial charge in [-0.05, 0) is 51.4 Å². The number of carbonyl (C=O) groups excluding carboxylic acids is 2. The van der Waals surface area contributed by atoms with Crippen molar-refractivity contribution in [3.8, 4) is 0 Å². The van der Waals surface area contributed by atoms with Gasteiger partial charge in [0.15, 0.2) is 0 Å². The number of ether oxygens (including phenoxy) is 2. The van der Waals surface area contributed by atoms with Crippen LogP contribution in [0.1, 0.15) is 53.9 Å². The number of hydrogen-bond acceptors (Lipinski definition) is 5. The zero-order chi connectivity index (χ0) is 21.4. The molecule has 2 atom stereocenters. The molecule has 29 heavy (non-hydrogen) atoms. The van der Waals surface area contributed by atoms with E-state index in [-0.39, 0.29) is 12.0 Å². The van der Waals surface area contributed by atoms with Crippen LogP contribution in [0.15, 0.2) is 0 Å². The van der Waals surface area contributed by atoms with Gasteiger partial charge >= 0.3 is 6.09 Å². The summed E-state index contributed by atoms with van der Waals surface area (Å²) in [6.45, 7) is 16.7. The topological polar surface area (TPSA) is 71.1 Å². The molecule has 0 bridgehead atoms. The van der Waals surface area contributed by atoms with Crippen LogP contribution < -0.4 is 5.32 Å². The minimum Gasteiger partial charge on any atom is -0.444 e. The lowest BCUT2D eigenvalue weighted by molar-refractivity contribution is -0.122. The second kappa shape index (κ2) is 11.2. The van der Waals surface area contributed by atoms with Crippen molar-refractivity contribution in [2.24, 2.45) is 17.8 Å². The van der Waals surface area contributed by atoms with Gasteiger partial charge < -0.3 is 19.7 Å². The second-order valence-electron chi connectivity index (χ2n) is 9.81. The summed E-state index contributed by atoms with van der Waals surface area (Å²) in [5.41, 5.74) is -0.460. The molecule has 0 aromatic rings. The number of amides is 2. The molecular weight excluding hydrogens is 370 g/mol. The van der Waals surface area contributed by atoms with Crippen LogP contribution >= 0.6 is 0 Å². The molecule has 0 unspecified atom stereocenters. The second-order valence-corrected chi connectivity index (χ2v) is 9.81. The van der Waals surface area contributed by atoms with Crippen molar-refractivity contribution in [2.45, 2.75) is 59.5 Å². The lowest BCUT2D eigenvalue weighted by Crippen LogP contribution is -2.43. The molecule has 2 aliphatic heterocycles. The maximum Gasteiger partial charge on any atom is 0.410 e. The van der Waals surface area contributed by atoms with Crippen molar-refractivity contribution in [3.05, 3.63) is 0 Å². The molecular formula is C22H41N3O4. The van der Waals surface area contributed by atoms with Gasteiger partial charge in [-0.3, -0.25) is 9.69 Å². The number of carbonyl (C=O) groups is 2. The monoisotopic (exact) mass is 411 g/mol. The smallest absolute Gasteiger partial charge is 0.410 e. The summed E-state index contributed by atoms with van der Waals surface area (Å²) in [4.78, 5) is 28.8. The zero-order valence-electron chi connectivity index (χ0n) is 19.0. The van der Waals surface area contributed by atoms with Crippen molar-refractivity contribution >= 4 is 12.0 Å². The van der Waals surface area contributed by atoms with Crippen LogP contribution in [0.5, 0.6) is 0 Å². The summed E-state index contributed by atoms with van der Waals surface area (Å²) in [5.74, 6) is 1.38. The number of nitrogens with one attached hydrogen (secondary N) is 1. The van der Waals surface area contributed by atoms with E-state index in [9.17, 15) is 9.59 Å². The SMILES string of the molecule is C[C@@H](CNC(=O)C[C@@H](C)C1CCN(C(=O)OC(C)(C)C)CC1)CN1CCOCC1. The average molecular weight is 412 g/mol. The Bertz CT molecular complexity index is 521. The summed E-state index contributed by atoms with van der Waals surface area (Å²) >= 11 is 0. The molecule has 2 rings (SSSR count). The maximum atomic E-state index is 12.4. The van der Waals surface area contributed by atoms with Gasteiger partial charge in [-0.1, -0.05) is 13.8 Å². The summed E-state index contributed by atoms with van der Waals surface area (Å²) in [7, 11) is 0. The molecule has 0 aromatic heterocycles. The van der Waals surface area contributed by atoms with E-state index in [1.807, 2.05) is 20.8 Å². The summed E-state index contributed by atoms with van der Waals surface area (Å²) in [5, 5.41) is 3.11. The number of nitrogens with zero attached hydrogens (tertiary/aromatic N) is 2. The Labute approximate surface area is 176 Å². The lowest BCUT2D eigenvalue weighted by Gasteiger charge is -2.35. The van der Waals surface area contributed by atoms with Crippen LogP contribution in [-0.2, 0) is 14.3 Å². The quantitative estimate of drug-likeness (QED) is 0.697. The molecule has 0 saturated carbocycles. The highest BCUT2D eigenvalue weighted by Gasteiger charge is 2.29. The highest BCUT2D eigenvalue weighted by atomic mass is 16.6. The van der Waals surface area contributed by atoms with Gasteiger partial charge in [-0.15, -0.1) is 0 Å². The number of piperidine rings is 1. The molecule has 2 fully saturated rings. The van der Waals surface area contributed by atoms with Crippen LogP contribution in [0.25, 0.3) is 0 Å². The van der Waals surface area contributed by atoms with Gasteiger partial charge in [0.2, 0.25) is 5.91 Å². The highest BCUT2D eigenvalue weighted by molar-refractivity contribution is 5.76. The standard InChI is InChI=1S/C22H41N3O4/c1-17(16-24-10-12-28-13-11-24)15-23-20(26)14-18(2)19-6-8-25(9-7-19)21(27)29-22(3,4)5/h17-19H,6-16H2,1-5H3,(H,23,26)/t17-,18+/m0/s1. The molecule has 2 heterocycles. The van der Waals surface area contributed by atoms with Crippen molar-refractivity contribution in [1.82, 2.24) is 15.1 Å². The molecule has 7 heteroatoms. The Morgan fingerprint density at radius 2 is 1.72 bits per heavy atom. The first-order valence-electron chi connectivity index (χ1n) is 11.2. The third-order valence-electron chi connectivity index (χ3n) is 5.82. The normalized spacial score (nSPS) is 21.5. The fourth-order valence-electron chi connectivity index (χ4n) is 4.09. The predicted octanol–water partition coefficient (Wildman–Crippen LogP) is 2.74. The van der Waals surface area contributed by atoms with Crippen molar-refractivity contribution in [3.63, 3.8) is 0 Å². The first kappa shape index (κ1) is 23.9. The Kier molecular flexibility index (Phi) is 9.21. The van der Waals surface area contributed by atoms with Gasteiger partial charge in [0.1, 0.15) is 5.60 Å². The van der Waals surface area contributed by atoms with Gasteiger partial charge in [0, 0.05) is 45.7 Å². The number of hydrogen-bond donors (Lipinski definition) is 1. The molecule has 0 radical (unpaired) electrons. The van der Waals surface area contributed by atoms with E-state index in [2.05, 4.69) is 24.1 Å². The average Bonchev–Trinajstić information content (AvgIpc) is 2.66. The lowest BCUT2D eigenvalue weighted by atomic mass is 9.83. The number of morpholine rings is 1. The fourth-order valence-corrected chi connectivity index (χ4v) is 4.09. The molecule has 168 valence electrons. The number of rotatable bonds is 7. The van der Waals surface area contributed by atoms with Crippen molar-refractivity contribution < 1.29 is 19.1 Å². The fraction of sp³-hybridized carbons (Fsp3) is 0.909. The van der Waals surface area contributed by atoms with Crippen LogP contribution in [0.2, 0.25) is 0 Å². The van der Waals surface area contributed by atoms with Crippen LogP contribution in [0.3, 0.4) is 0 Å². The third kappa shape index (κ3) is 8.91. The van der Waals surface area contributed by atoms with E-state index in [0.717, 1.165) is 52.2 Å². The van der Waals surface area contributed by atoms with Gasteiger partial charge in [0.05, 0.1) is 13.2 Å². The van der Waals surface area contributed by atoms with E-state index < -0.39 is 5.60 Å². The van der Waals surface area contributed by atoms with Crippen LogP contribution in [0.4, 0.5) is 4.79 Å². The number of likely N-dealkylation sites (tertiary alicyclic amines) is 1. The first-order chi connectivity index (χ1) is 13.6. The van der Waals surface area contributed by atoms with Crippen molar-refractivity contribution in [1.29, 1.82) is 0 Å². The van der Waals surface area contributed by atoms with Gasteiger partial charge in [0.25, 0.3) is 0 Å². The minimum atomic E-state index is -0.460. The first-order valence-corrected chi connectivity index (χ1v) is 11.2. The largest absolute Gasteiger partial charge is 0.444 e. The summed E-state index contributed by atoms with van der Waals surface area (Å²) < 4.78 is 10.8. The Balaban J connectivity index is 1.63. The predicted molar refractivity (Wildman–Crippen MR) is 114 cm³/mol. The molecule has 2 amide bonds. The molecule has 0 spiro atoms. The Morgan fingerprint density at radius 1 is 1.10 bits per heavy atom. The van der Waals surface area contributed by atoms with Crippen LogP contribution in [0, 0.1) is 17.8 Å². The summed E-state index contributed by atoms with van der Waals surface area (Å²) in [6, 6.07) is 0. The molecule has 2 saturated heterocycles. The molecule has 0 aromatic carbocycles. The van der Waals surface area contributed by atoms with E-state index in [0.29, 0.717) is 37.3 Å². The van der Waals surface area contributed by atoms with Gasteiger partial charge in [-0.2, -0.15) is 0 Å². The summed E-state index contributed by atoms with van der Waals surface area (Å²) in [6.07, 6.45) is 2.19. The van der Waals surface area contributed by atoms with Gasteiger partial charge in [-0.25, -0.2) is 4.79 Å². The van der Waals surface area contributed by atoms with E-state index in [1.165, 1.54) is 0 Å². The van der Waals surface area contributed by atoms with Crippen molar-refractivity contribution in [2.75, 3.05) is 52.5 Å². The van der Waals surface area contributed by atoms with E-state index >= 15 is 0 Å². The molecule has 7 nitrogen and oxygen atoms in total. The maximum absolute atomic E-state index is 12.4. The minimum absolute atomic E-state index is 0.140.